The second kappa shape index (κ2) is 9.13. The van der Waals surface area contributed by atoms with E-state index in [4.69, 9.17) is 0 Å². The third-order valence-corrected chi connectivity index (χ3v) is 7.31. The van der Waals surface area contributed by atoms with Gasteiger partial charge in [0, 0.05) is 4.88 Å². The summed E-state index contributed by atoms with van der Waals surface area (Å²) < 4.78 is 0. The molecule has 29 heavy (non-hydrogen) atoms. The lowest BCUT2D eigenvalue weighted by Gasteiger charge is -2.24. The summed E-state index contributed by atoms with van der Waals surface area (Å²) in [7, 11) is 0. The highest BCUT2D eigenvalue weighted by Crippen LogP contribution is 2.27. The van der Waals surface area contributed by atoms with E-state index in [9.17, 15) is 9.59 Å². The Bertz CT molecular complexity index is 1060. The Kier molecular flexibility index (Phi) is 6.80. The first-order valence-corrected chi connectivity index (χ1v) is 11.6. The van der Waals surface area contributed by atoms with Crippen molar-refractivity contribution in [1.29, 1.82) is 0 Å². The van der Waals surface area contributed by atoms with Gasteiger partial charge in [0.15, 0.2) is 0 Å². The number of aromatic nitrogens is 2. The summed E-state index contributed by atoms with van der Waals surface area (Å²) in [6, 6.07) is 10.00. The average Bonchev–Trinajstić information content (AvgIpc) is 2.98. The number of hydrogen-bond acceptors (Lipinski definition) is 5. The molecule has 2 N–H and O–H groups in total. The van der Waals surface area contributed by atoms with Crippen LogP contribution in [0, 0.1) is 19.8 Å². The van der Waals surface area contributed by atoms with Crippen LogP contribution in [0.4, 0.5) is 0 Å². The fourth-order valence-corrected chi connectivity index (χ4v) is 5.03. The van der Waals surface area contributed by atoms with E-state index in [0.717, 1.165) is 20.8 Å². The third kappa shape index (κ3) is 4.90. The van der Waals surface area contributed by atoms with Gasteiger partial charge in [-0.2, -0.15) is 0 Å². The van der Waals surface area contributed by atoms with E-state index in [2.05, 4.69) is 29.1 Å². The topological polar surface area (TPSA) is 74.8 Å². The van der Waals surface area contributed by atoms with Crippen LogP contribution in [0.5, 0.6) is 0 Å². The Labute approximate surface area is 179 Å². The van der Waals surface area contributed by atoms with Crippen LogP contribution in [0.3, 0.4) is 0 Å². The second-order valence-corrected chi connectivity index (χ2v) is 10.1. The molecule has 2 heterocycles. The number of thioether (sulfide) groups is 1. The monoisotopic (exact) mass is 429 g/mol. The molecule has 3 aromatic rings. The first-order valence-electron chi connectivity index (χ1n) is 9.73. The molecule has 1 amide bonds. The zero-order valence-electron chi connectivity index (χ0n) is 17.4. The van der Waals surface area contributed by atoms with Gasteiger partial charge < -0.3 is 10.3 Å². The van der Waals surface area contributed by atoms with Gasteiger partial charge in [-0.15, -0.1) is 23.1 Å². The van der Waals surface area contributed by atoms with Gasteiger partial charge in [0.05, 0.1) is 22.4 Å². The van der Waals surface area contributed by atoms with Crippen molar-refractivity contribution in [3.05, 3.63) is 62.5 Å². The molecule has 1 aromatic carbocycles. The third-order valence-electron chi connectivity index (χ3n) is 5.05. The second-order valence-electron chi connectivity index (χ2n) is 7.57. The highest BCUT2D eigenvalue weighted by atomic mass is 32.2. The lowest BCUT2D eigenvalue weighted by molar-refractivity contribution is -0.121. The summed E-state index contributed by atoms with van der Waals surface area (Å²) in [6.07, 6.45) is 0. The lowest BCUT2D eigenvalue weighted by Crippen LogP contribution is -2.36. The van der Waals surface area contributed by atoms with Gasteiger partial charge in [-0.1, -0.05) is 44.2 Å². The molecule has 3 rings (SSSR count). The molecule has 154 valence electrons. The number of nitrogens with zero attached hydrogens (tertiary/aromatic N) is 1. The number of rotatable bonds is 7. The highest BCUT2D eigenvalue weighted by molar-refractivity contribution is 7.99. The maximum atomic E-state index is 12.8. The molecular formula is C22H27N3O2S2. The Hall–Kier alpha value is -2.12. The number of nitrogens with one attached hydrogen (secondary N) is 2. The zero-order chi connectivity index (χ0) is 21.1. The first-order chi connectivity index (χ1) is 13.8. The maximum absolute atomic E-state index is 12.8. The van der Waals surface area contributed by atoms with Crippen LogP contribution < -0.4 is 10.9 Å². The van der Waals surface area contributed by atoms with Gasteiger partial charge in [-0.3, -0.25) is 9.59 Å². The number of H-pyrrole nitrogens is 1. The summed E-state index contributed by atoms with van der Waals surface area (Å²) in [5.74, 6) is 1.36. The van der Waals surface area contributed by atoms with Gasteiger partial charge in [0.1, 0.15) is 10.7 Å². The number of aromatic amines is 1. The number of amides is 1. The number of thiophene rings is 1. The van der Waals surface area contributed by atoms with Crippen molar-refractivity contribution in [3.8, 4) is 0 Å². The zero-order valence-corrected chi connectivity index (χ0v) is 19.0. The average molecular weight is 430 g/mol. The molecular weight excluding hydrogens is 402 g/mol. The molecule has 2 unspecified atom stereocenters. The van der Waals surface area contributed by atoms with Crippen molar-refractivity contribution < 1.29 is 4.79 Å². The van der Waals surface area contributed by atoms with Gasteiger partial charge in [-0.25, -0.2) is 4.98 Å². The Morgan fingerprint density at radius 3 is 2.55 bits per heavy atom. The highest BCUT2D eigenvalue weighted by Gasteiger charge is 2.22. The predicted octanol–water partition coefficient (Wildman–Crippen LogP) is 4.74. The predicted molar refractivity (Wildman–Crippen MR) is 123 cm³/mol. The van der Waals surface area contributed by atoms with Crippen LogP contribution >= 0.6 is 23.1 Å². The van der Waals surface area contributed by atoms with Gasteiger partial charge in [0.2, 0.25) is 5.91 Å². The van der Waals surface area contributed by atoms with E-state index in [1.807, 2.05) is 51.1 Å². The number of aryl methyl sites for hydroxylation is 2. The minimum Gasteiger partial charge on any atom is -0.348 e. The summed E-state index contributed by atoms with van der Waals surface area (Å²) in [4.78, 5) is 34.5. The van der Waals surface area contributed by atoms with Crippen LogP contribution in [0.1, 0.15) is 48.6 Å². The standard InChI is InChI=1S/C22H27N3O2S2/c1-12(2)19(16-9-7-6-8-10-16)25-20(26)15(5)28-11-17-23-21(27)18-13(3)14(4)29-22(18)24-17/h6-10,12,15,19H,11H2,1-5H3,(H,25,26)(H,23,24,27). The summed E-state index contributed by atoms with van der Waals surface area (Å²) in [5, 5.41) is 3.59. The molecule has 0 bridgehead atoms. The summed E-state index contributed by atoms with van der Waals surface area (Å²) in [6.45, 7) is 10.0. The molecule has 0 saturated carbocycles. The number of benzene rings is 1. The maximum Gasteiger partial charge on any atom is 0.259 e. The van der Waals surface area contributed by atoms with E-state index in [0.29, 0.717) is 17.0 Å². The first kappa shape index (κ1) is 21.6. The SMILES string of the molecule is Cc1sc2nc(CSC(C)C(=O)NC(c3ccccc3)C(C)C)[nH]c(=O)c2c1C. The quantitative estimate of drug-likeness (QED) is 0.569. The molecule has 0 aliphatic rings. The molecule has 0 saturated heterocycles. The number of carbonyl (C=O) groups is 1. The molecule has 2 atom stereocenters. The molecule has 0 aliphatic heterocycles. The smallest absolute Gasteiger partial charge is 0.259 e. The van der Waals surface area contributed by atoms with Crippen molar-refractivity contribution in [3.63, 3.8) is 0 Å². The van der Waals surface area contributed by atoms with Crippen molar-refractivity contribution in [2.45, 2.75) is 51.7 Å². The van der Waals surface area contributed by atoms with E-state index >= 15 is 0 Å². The summed E-state index contributed by atoms with van der Waals surface area (Å²) >= 11 is 3.01. The van der Waals surface area contributed by atoms with Gasteiger partial charge >= 0.3 is 0 Å². The van der Waals surface area contributed by atoms with Crippen LogP contribution in [-0.2, 0) is 10.5 Å². The van der Waals surface area contributed by atoms with E-state index in [1.165, 1.54) is 23.1 Å². The molecule has 7 heteroatoms. The number of fused-ring (bicyclic) bond motifs is 1. The molecule has 0 radical (unpaired) electrons. The van der Waals surface area contributed by atoms with Crippen molar-refractivity contribution in [2.24, 2.45) is 5.92 Å². The van der Waals surface area contributed by atoms with E-state index < -0.39 is 0 Å². The fourth-order valence-electron chi connectivity index (χ4n) is 3.21. The molecule has 2 aromatic heterocycles. The number of hydrogen-bond donors (Lipinski definition) is 2. The Morgan fingerprint density at radius 1 is 1.21 bits per heavy atom. The summed E-state index contributed by atoms with van der Waals surface area (Å²) in [5.41, 5.74) is 1.99. The van der Waals surface area contributed by atoms with Crippen molar-refractivity contribution >= 4 is 39.2 Å². The molecule has 0 fully saturated rings. The van der Waals surface area contributed by atoms with Gasteiger partial charge in [0.25, 0.3) is 5.56 Å². The number of carbonyl (C=O) groups excluding carboxylic acids is 1. The van der Waals surface area contributed by atoms with Gasteiger partial charge in [-0.05, 0) is 37.8 Å². The lowest BCUT2D eigenvalue weighted by atomic mass is 9.96. The van der Waals surface area contributed by atoms with E-state index in [-0.39, 0.29) is 28.7 Å². The van der Waals surface area contributed by atoms with E-state index in [1.54, 1.807) is 0 Å². The molecule has 0 aliphatic carbocycles. The minimum atomic E-state index is -0.257. The Balaban J connectivity index is 1.67. The van der Waals surface area contributed by atoms with Crippen LogP contribution in [-0.4, -0.2) is 21.1 Å². The van der Waals surface area contributed by atoms with Crippen LogP contribution in [0.15, 0.2) is 35.1 Å². The largest absolute Gasteiger partial charge is 0.348 e. The minimum absolute atomic E-state index is 0.0104. The Morgan fingerprint density at radius 2 is 1.90 bits per heavy atom. The van der Waals surface area contributed by atoms with Crippen LogP contribution in [0.25, 0.3) is 10.2 Å². The van der Waals surface area contributed by atoms with Crippen molar-refractivity contribution in [2.75, 3.05) is 0 Å². The van der Waals surface area contributed by atoms with Crippen molar-refractivity contribution in [1.82, 2.24) is 15.3 Å². The normalized spacial score (nSPS) is 13.6. The molecule has 0 spiro atoms. The van der Waals surface area contributed by atoms with Crippen LogP contribution in [0.2, 0.25) is 0 Å². The molecule has 5 nitrogen and oxygen atoms in total. The fraction of sp³-hybridized carbons (Fsp3) is 0.409.